The normalized spacial score (nSPS) is 10.8. The van der Waals surface area contributed by atoms with Crippen LogP contribution in [0.5, 0.6) is 0 Å². The number of hydrogen-bond donors (Lipinski definition) is 3. The van der Waals surface area contributed by atoms with Crippen molar-refractivity contribution in [2.45, 2.75) is 6.92 Å². The third-order valence-electron chi connectivity index (χ3n) is 5.31. The molecule has 0 aliphatic heterocycles. The van der Waals surface area contributed by atoms with Crippen molar-refractivity contribution in [2.75, 3.05) is 16.0 Å². The van der Waals surface area contributed by atoms with E-state index in [2.05, 4.69) is 28.1 Å². The Labute approximate surface area is 186 Å². The summed E-state index contributed by atoms with van der Waals surface area (Å²) in [6.07, 6.45) is 0. The maximum atomic E-state index is 12.3. The lowest BCUT2D eigenvalue weighted by atomic mass is 10.1. The highest BCUT2D eigenvalue weighted by Crippen LogP contribution is 2.33. The standard InChI is InChI=1S/C27H22N4O/c1-18-10-12-20(13-11-18)29-27(32)30-21-16-14-19(15-17-21)28-26-22-6-2-4-8-24(22)31-25-9-5-3-7-23(25)26/h2-17H,1H3,(H,28,31)(H2,29,30,32). The molecule has 5 aromatic rings. The lowest BCUT2D eigenvalue weighted by Crippen LogP contribution is -2.19. The first-order chi connectivity index (χ1) is 15.7. The molecule has 0 fully saturated rings. The smallest absolute Gasteiger partial charge is 0.323 e. The molecule has 0 saturated carbocycles. The van der Waals surface area contributed by atoms with Gasteiger partial charge in [-0.05, 0) is 55.5 Å². The number of para-hydroxylation sites is 2. The SMILES string of the molecule is Cc1ccc(NC(=O)Nc2ccc(Nc3c4ccccc4nc4ccccc34)cc2)cc1. The molecule has 0 spiro atoms. The molecule has 0 aliphatic rings. The van der Waals surface area contributed by atoms with Gasteiger partial charge in [0.25, 0.3) is 0 Å². The molecule has 5 heteroatoms. The zero-order valence-electron chi connectivity index (χ0n) is 17.6. The Kier molecular flexibility index (Phi) is 5.14. The van der Waals surface area contributed by atoms with Gasteiger partial charge in [0.15, 0.2) is 0 Å². The van der Waals surface area contributed by atoms with Gasteiger partial charge in [-0.3, -0.25) is 0 Å². The van der Waals surface area contributed by atoms with E-state index in [1.165, 1.54) is 0 Å². The van der Waals surface area contributed by atoms with Gasteiger partial charge in [-0.1, -0.05) is 54.1 Å². The van der Waals surface area contributed by atoms with Crippen molar-refractivity contribution in [2.24, 2.45) is 0 Å². The van der Waals surface area contributed by atoms with E-state index in [0.29, 0.717) is 5.69 Å². The summed E-state index contributed by atoms with van der Waals surface area (Å²) in [7, 11) is 0. The molecule has 5 rings (SSSR count). The van der Waals surface area contributed by atoms with E-state index in [4.69, 9.17) is 4.98 Å². The number of benzene rings is 4. The van der Waals surface area contributed by atoms with Gasteiger partial charge < -0.3 is 16.0 Å². The largest absolute Gasteiger partial charge is 0.354 e. The quantitative estimate of drug-likeness (QED) is 0.273. The third-order valence-corrected chi connectivity index (χ3v) is 5.31. The first kappa shape index (κ1) is 19.6. The summed E-state index contributed by atoms with van der Waals surface area (Å²) in [6.45, 7) is 2.01. The van der Waals surface area contributed by atoms with E-state index < -0.39 is 0 Å². The Hall–Kier alpha value is -4.38. The highest BCUT2D eigenvalue weighted by Gasteiger charge is 2.09. The fourth-order valence-corrected chi connectivity index (χ4v) is 3.69. The summed E-state index contributed by atoms with van der Waals surface area (Å²) in [6, 6.07) is 31.3. The molecule has 0 unspecified atom stereocenters. The molecule has 156 valence electrons. The first-order valence-corrected chi connectivity index (χ1v) is 10.4. The van der Waals surface area contributed by atoms with Gasteiger partial charge in [0, 0.05) is 27.8 Å². The van der Waals surface area contributed by atoms with Crippen molar-refractivity contribution in [3.63, 3.8) is 0 Å². The van der Waals surface area contributed by atoms with E-state index in [-0.39, 0.29) is 6.03 Å². The predicted octanol–water partition coefficient (Wildman–Crippen LogP) is 7.08. The minimum atomic E-state index is -0.277. The third kappa shape index (κ3) is 4.09. The minimum Gasteiger partial charge on any atom is -0.354 e. The summed E-state index contributed by atoms with van der Waals surface area (Å²) in [5.74, 6) is 0. The van der Waals surface area contributed by atoms with Crippen molar-refractivity contribution in [1.82, 2.24) is 4.98 Å². The topological polar surface area (TPSA) is 66.1 Å². The number of carbonyl (C=O) groups excluding carboxylic acids is 1. The molecule has 0 saturated heterocycles. The van der Waals surface area contributed by atoms with Crippen LogP contribution in [-0.4, -0.2) is 11.0 Å². The van der Waals surface area contributed by atoms with Gasteiger partial charge in [0.1, 0.15) is 0 Å². The monoisotopic (exact) mass is 418 g/mol. The Morgan fingerprint density at radius 2 is 1.09 bits per heavy atom. The number of aromatic nitrogens is 1. The molecule has 4 aromatic carbocycles. The van der Waals surface area contributed by atoms with Crippen LogP contribution < -0.4 is 16.0 Å². The Bertz CT molecular complexity index is 1360. The van der Waals surface area contributed by atoms with Crippen LogP contribution >= 0.6 is 0 Å². The fourth-order valence-electron chi connectivity index (χ4n) is 3.69. The highest BCUT2D eigenvalue weighted by atomic mass is 16.2. The average Bonchev–Trinajstić information content (AvgIpc) is 2.81. The fraction of sp³-hybridized carbons (Fsp3) is 0.0370. The number of nitrogens with one attached hydrogen (secondary N) is 3. The lowest BCUT2D eigenvalue weighted by molar-refractivity contribution is 0.262. The van der Waals surface area contributed by atoms with Crippen LogP contribution in [0.1, 0.15) is 5.56 Å². The lowest BCUT2D eigenvalue weighted by Gasteiger charge is -2.14. The molecule has 0 atom stereocenters. The van der Waals surface area contributed by atoms with Crippen LogP contribution in [0.25, 0.3) is 21.8 Å². The molecule has 1 aromatic heterocycles. The Morgan fingerprint density at radius 1 is 0.625 bits per heavy atom. The Morgan fingerprint density at radius 3 is 1.66 bits per heavy atom. The van der Waals surface area contributed by atoms with Crippen LogP contribution in [0.2, 0.25) is 0 Å². The number of anilines is 4. The van der Waals surface area contributed by atoms with Crippen LogP contribution in [-0.2, 0) is 0 Å². The second kappa shape index (κ2) is 8.40. The van der Waals surface area contributed by atoms with Gasteiger partial charge in [-0.2, -0.15) is 0 Å². The molecule has 0 bridgehead atoms. The average molecular weight is 419 g/mol. The minimum absolute atomic E-state index is 0.277. The number of rotatable bonds is 4. The van der Waals surface area contributed by atoms with Gasteiger partial charge in [0.2, 0.25) is 0 Å². The van der Waals surface area contributed by atoms with Crippen LogP contribution in [0, 0.1) is 6.92 Å². The number of carbonyl (C=O) groups is 1. The second-order valence-corrected chi connectivity index (χ2v) is 7.67. The van der Waals surface area contributed by atoms with E-state index in [0.717, 1.165) is 44.4 Å². The van der Waals surface area contributed by atoms with Gasteiger partial charge >= 0.3 is 6.03 Å². The van der Waals surface area contributed by atoms with E-state index in [1.807, 2.05) is 91.9 Å². The van der Waals surface area contributed by atoms with E-state index in [1.54, 1.807) is 0 Å². The number of nitrogens with zero attached hydrogens (tertiary/aromatic N) is 1. The maximum absolute atomic E-state index is 12.3. The van der Waals surface area contributed by atoms with Crippen molar-refractivity contribution in [1.29, 1.82) is 0 Å². The van der Waals surface area contributed by atoms with Crippen LogP contribution in [0.4, 0.5) is 27.5 Å². The predicted molar refractivity (Wildman–Crippen MR) is 133 cm³/mol. The molecule has 0 aliphatic carbocycles. The molecule has 2 amide bonds. The number of amides is 2. The zero-order valence-corrected chi connectivity index (χ0v) is 17.6. The molecule has 5 nitrogen and oxygen atoms in total. The summed E-state index contributed by atoms with van der Waals surface area (Å²) >= 11 is 0. The molecular weight excluding hydrogens is 396 g/mol. The highest BCUT2D eigenvalue weighted by molar-refractivity contribution is 6.08. The zero-order chi connectivity index (χ0) is 21.9. The maximum Gasteiger partial charge on any atom is 0.323 e. The molecule has 1 heterocycles. The molecule has 3 N–H and O–H groups in total. The molecular formula is C27H22N4O. The number of fused-ring (bicyclic) bond motifs is 2. The number of urea groups is 1. The number of pyridine rings is 1. The van der Waals surface area contributed by atoms with Crippen molar-refractivity contribution >= 4 is 50.6 Å². The van der Waals surface area contributed by atoms with Crippen molar-refractivity contribution < 1.29 is 4.79 Å². The van der Waals surface area contributed by atoms with Crippen LogP contribution in [0.15, 0.2) is 97.1 Å². The van der Waals surface area contributed by atoms with Crippen LogP contribution in [0.3, 0.4) is 0 Å². The van der Waals surface area contributed by atoms with E-state index >= 15 is 0 Å². The number of aryl methyl sites for hydroxylation is 1. The summed E-state index contributed by atoms with van der Waals surface area (Å²) in [4.78, 5) is 17.1. The summed E-state index contributed by atoms with van der Waals surface area (Å²) < 4.78 is 0. The molecule has 0 radical (unpaired) electrons. The second-order valence-electron chi connectivity index (χ2n) is 7.67. The van der Waals surface area contributed by atoms with Gasteiger partial charge in [0.05, 0.1) is 16.7 Å². The van der Waals surface area contributed by atoms with E-state index in [9.17, 15) is 4.79 Å². The van der Waals surface area contributed by atoms with Gasteiger partial charge in [-0.15, -0.1) is 0 Å². The van der Waals surface area contributed by atoms with Crippen molar-refractivity contribution in [3.8, 4) is 0 Å². The summed E-state index contributed by atoms with van der Waals surface area (Å²) in [5, 5.41) is 11.4. The Balaban J connectivity index is 1.36. The number of hydrogen-bond acceptors (Lipinski definition) is 3. The van der Waals surface area contributed by atoms with Crippen molar-refractivity contribution in [3.05, 3.63) is 103 Å². The molecule has 32 heavy (non-hydrogen) atoms. The summed E-state index contributed by atoms with van der Waals surface area (Å²) in [5.41, 5.74) is 6.45. The first-order valence-electron chi connectivity index (χ1n) is 10.4. The van der Waals surface area contributed by atoms with Gasteiger partial charge in [-0.25, -0.2) is 9.78 Å².